The Labute approximate surface area is 146 Å². The molecule has 1 N–H and O–H groups in total. The number of nitrogens with zero attached hydrogens (tertiary/aromatic N) is 3. The largest absolute Gasteiger partial charge is 0.354 e. The van der Waals surface area contributed by atoms with Crippen LogP contribution in [0, 0.1) is 0 Å². The van der Waals surface area contributed by atoms with Gasteiger partial charge in [0.25, 0.3) is 0 Å². The standard InChI is InChI=1S/C18H24N4O3/c1-2-21-14-7-3-4-8-15(14)22(18(21)25)13-16(23)19-10-9-17(24)20-11-5-6-12-20/h3-4,7-8H,2,5-6,9-13H2,1H3,(H,19,23). The molecule has 134 valence electrons. The van der Waals surface area contributed by atoms with Crippen LogP contribution < -0.4 is 11.0 Å². The van der Waals surface area contributed by atoms with Gasteiger partial charge in [-0.05, 0) is 31.9 Å². The Morgan fingerprint density at radius 2 is 1.72 bits per heavy atom. The molecule has 3 rings (SSSR count). The van der Waals surface area contributed by atoms with Gasteiger partial charge in [0.2, 0.25) is 11.8 Å². The maximum atomic E-state index is 12.5. The molecule has 25 heavy (non-hydrogen) atoms. The zero-order chi connectivity index (χ0) is 17.8. The number of carbonyl (C=O) groups excluding carboxylic acids is 2. The van der Waals surface area contributed by atoms with Crippen LogP contribution in [0.3, 0.4) is 0 Å². The van der Waals surface area contributed by atoms with Crippen LogP contribution in [0.4, 0.5) is 0 Å². The molecule has 0 aliphatic carbocycles. The van der Waals surface area contributed by atoms with E-state index in [2.05, 4.69) is 5.32 Å². The molecule has 1 aromatic heterocycles. The second kappa shape index (κ2) is 7.55. The third-order valence-electron chi connectivity index (χ3n) is 4.66. The highest BCUT2D eigenvalue weighted by Crippen LogP contribution is 2.12. The molecule has 7 nitrogen and oxygen atoms in total. The third-order valence-corrected chi connectivity index (χ3v) is 4.66. The van der Waals surface area contributed by atoms with E-state index in [1.54, 1.807) is 4.57 Å². The first-order valence-electron chi connectivity index (χ1n) is 8.84. The first-order chi connectivity index (χ1) is 12.1. The molecule has 0 saturated carbocycles. The molecule has 0 atom stereocenters. The molecular formula is C18H24N4O3. The number of imidazole rings is 1. The number of hydrogen-bond acceptors (Lipinski definition) is 3. The Bertz CT molecular complexity index is 830. The van der Waals surface area contributed by atoms with Gasteiger partial charge in [0.15, 0.2) is 0 Å². The summed E-state index contributed by atoms with van der Waals surface area (Å²) in [6.45, 7) is 4.36. The Hall–Kier alpha value is -2.57. The Morgan fingerprint density at radius 1 is 1.08 bits per heavy atom. The predicted molar refractivity (Wildman–Crippen MR) is 95.3 cm³/mol. The second-order valence-electron chi connectivity index (χ2n) is 6.29. The summed E-state index contributed by atoms with van der Waals surface area (Å²) >= 11 is 0. The fraction of sp³-hybridized carbons (Fsp3) is 0.500. The summed E-state index contributed by atoms with van der Waals surface area (Å²) in [5.41, 5.74) is 1.39. The summed E-state index contributed by atoms with van der Waals surface area (Å²) in [5, 5.41) is 2.75. The molecule has 1 saturated heterocycles. The van der Waals surface area contributed by atoms with Gasteiger partial charge in [-0.25, -0.2) is 4.79 Å². The van der Waals surface area contributed by atoms with Gasteiger partial charge in [-0.3, -0.25) is 18.7 Å². The van der Waals surface area contributed by atoms with Crippen LogP contribution in [0.15, 0.2) is 29.1 Å². The fourth-order valence-electron chi connectivity index (χ4n) is 3.36. The highest BCUT2D eigenvalue weighted by atomic mass is 16.2. The highest BCUT2D eigenvalue weighted by molar-refractivity contribution is 5.82. The number of aromatic nitrogens is 2. The Kier molecular flexibility index (Phi) is 5.21. The van der Waals surface area contributed by atoms with E-state index in [1.807, 2.05) is 36.1 Å². The first-order valence-corrected chi connectivity index (χ1v) is 8.84. The summed E-state index contributed by atoms with van der Waals surface area (Å²) in [6.07, 6.45) is 2.42. The number of fused-ring (bicyclic) bond motifs is 1. The molecular weight excluding hydrogens is 320 g/mol. The molecule has 1 aliphatic rings. The Morgan fingerprint density at radius 3 is 2.36 bits per heavy atom. The number of hydrogen-bond donors (Lipinski definition) is 1. The van der Waals surface area contributed by atoms with E-state index in [4.69, 9.17) is 0 Å². The second-order valence-corrected chi connectivity index (χ2v) is 6.29. The van der Waals surface area contributed by atoms with Crippen molar-refractivity contribution in [3.8, 4) is 0 Å². The number of benzene rings is 1. The highest BCUT2D eigenvalue weighted by Gasteiger charge is 2.18. The van der Waals surface area contributed by atoms with Gasteiger partial charge < -0.3 is 10.2 Å². The van der Waals surface area contributed by atoms with Crippen LogP contribution >= 0.6 is 0 Å². The topological polar surface area (TPSA) is 76.3 Å². The average Bonchev–Trinajstić information content (AvgIpc) is 3.23. The zero-order valence-corrected chi connectivity index (χ0v) is 14.5. The van der Waals surface area contributed by atoms with Crippen LogP contribution in [0.5, 0.6) is 0 Å². The minimum atomic E-state index is -0.254. The van der Waals surface area contributed by atoms with Gasteiger partial charge in [0.1, 0.15) is 6.54 Å². The van der Waals surface area contributed by atoms with Crippen LogP contribution in [0.2, 0.25) is 0 Å². The maximum Gasteiger partial charge on any atom is 0.329 e. The molecule has 1 aliphatic heterocycles. The van der Waals surface area contributed by atoms with E-state index in [0.29, 0.717) is 19.5 Å². The van der Waals surface area contributed by atoms with Gasteiger partial charge in [-0.1, -0.05) is 12.1 Å². The lowest BCUT2D eigenvalue weighted by Gasteiger charge is -2.15. The molecule has 0 radical (unpaired) electrons. The van der Waals surface area contributed by atoms with Gasteiger partial charge in [0.05, 0.1) is 11.0 Å². The molecule has 1 fully saturated rings. The Balaban J connectivity index is 1.61. The minimum Gasteiger partial charge on any atom is -0.354 e. The lowest BCUT2D eigenvalue weighted by Crippen LogP contribution is -2.36. The van der Waals surface area contributed by atoms with Gasteiger partial charge in [-0.2, -0.15) is 0 Å². The summed E-state index contributed by atoms with van der Waals surface area (Å²) in [6, 6.07) is 7.45. The van der Waals surface area contributed by atoms with Crippen molar-refractivity contribution in [3.63, 3.8) is 0 Å². The molecule has 1 aromatic carbocycles. The first kappa shape index (κ1) is 17.3. The van der Waals surface area contributed by atoms with Crippen molar-refractivity contribution < 1.29 is 9.59 Å². The van der Waals surface area contributed by atoms with E-state index < -0.39 is 0 Å². The van der Waals surface area contributed by atoms with E-state index in [-0.39, 0.29) is 24.0 Å². The van der Waals surface area contributed by atoms with Crippen LogP contribution in [-0.2, 0) is 22.7 Å². The number of para-hydroxylation sites is 2. The number of likely N-dealkylation sites (tertiary alicyclic amines) is 1. The molecule has 0 bridgehead atoms. The number of amides is 2. The van der Waals surface area contributed by atoms with Crippen molar-refractivity contribution in [1.29, 1.82) is 0 Å². The monoisotopic (exact) mass is 344 g/mol. The van der Waals surface area contributed by atoms with Crippen molar-refractivity contribution in [3.05, 3.63) is 34.7 Å². The van der Waals surface area contributed by atoms with Gasteiger partial charge in [-0.15, -0.1) is 0 Å². The van der Waals surface area contributed by atoms with E-state index in [9.17, 15) is 14.4 Å². The SMILES string of the molecule is CCn1c(=O)n(CC(=O)NCCC(=O)N2CCCC2)c2ccccc21. The van der Waals surface area contributed by atoms with Crippen molar-refractivity contribution in [2.24, 2.45) is 0 Å². The summed E-state index contributed by atoms with van der Waals surface area (Å²) in [4.78, 5) is 38.5. The minimum absolute atomic E-state index is 0.0374. The van der Waals surface area contributed by atoms with Gasteiger partial charge >= 0.3 is 5.69 Å². The molecule has 7 heteroatoms. The number of carbonyl (C=O) groups is 2. The molecule has 2 aromatic rings. The van der Waals surface area contributed by atoms with Crippen molar-refractivity contribution in [2.45, 2.75) is 39.3 Å². The lowest BCUT2D eigenvalue weighted by atomic mass is 10.3. The normalized spacial score (nSPS) is 14.2. The molecule has 0 unspecified atom stereocenters. The number of aryl methyl sites for hydroxylation is 1. The predicted octanol–water partition coefficient (Wildman–Crippen LogP) is 0.952. The van der Waals surface area contributed by atoms with Crippen molar-refractivity contribution in [1.82, 2.24) is 19.4 Å². The van der Waals surface area contributed by atoms with Gasteiger partial charge in [0, 0.05) is 32.6 Å². The fourth-order valence-corrected chi connectivity index (χ4v) is 3.36. The van der Waals surface area contributed by atoms with E-state index in [0.717, 1.165) is 37.0 Å². The van der Waals surface area contributed by atoms with E-state index in [1.165, 1.54) is 4.57 Å². The number of rotatable bonds is 6. The van der Waals surface area contributed by atoms with Crippen LogP contribution in [0.25, 0.3) is 11.0 Å². The van der Waals surface area contributed by atoms with Crippen molar-refractivity contribution in [2.75, 3.05) is 19.6 Å². The average molecular weight is 344 g/mol. The quantitative estimate of drug-likeness (QED) is 0.848. The zero-order valence-electron chi connectivity index (χ0n) is 14.5. The molecule has 2 amide bonds. The van der Waals surface area contributed by atoms with E-state index >= 15 is 0 Å². The third kappa shape index (κ3) is 3.60. The van der Waals surface area contributed by atoms with Crippen molar-refractivity contribution >= 4 is 22.8 Å². The summed E-state index contributed by atoms with van der Waals surface area (Å²) in [7, 11) is 0. The molecule has 0 spiro atoms. The van der Waals surface area contributed by atoms with Crippen LogP contribution in [0.1, 0.15) is 26.2 Å². The lowest BCUT2D eigenvalue weighted by molar-refractivity contribution is -0.130. The summed E-state index contributed by atoms with van der Waals surface area (Å²) in [5.74, 6) is -0.173. The number of nitrogens with one attached hydrogen (secondary N) is 1. The van der Waals surface area contributed by atoms with Crippen LogP contribution in [-0.4, -0.2) is 45.5 Å². The smallest absolute Gasteiger partial charge is 0.329 e. The maximum absolute atomic E-state index is 12.5. The summed E-state index contributed by atoms with van der Waals surface area (Å²) < 4.78 is 3.13. The molecule has 2 heterocycles.